The van der Waals surface area contributed by atoms with Crippen LogP contribution in [0.25, 0.3) is 0 Å². The molecule has 11 nitrogen and oxygen atoms in total. The smallest absolute Gasteiger partial charge is 0.270 e. The SMILES string of the molecule is CC(=O)C1=NN(c2ccc([N+](=O)[O-])cc2)C2(NC(/N=C\c3ccncc3)=CC(=O)N2C)S1. The number of benzene rings is 1. The molecule has 1 spiro atoms. The van der Waals surface area contributed by atoms with Crippen molar-refractivity contribution in [3.63, 3.8) is 0 Å². The number of nitrogens with one attached hydrogen (secondary N) is 1. The number of rotatable bonds is 5. The van der Waals surface area contributed by atoms with Crippen molar-refractivity contribution >= 4 is 46.1 Å². The number of hydrazone groups is 1. The van der Waals surface area contributed by atoms with E-state index in [1.165, 1.54) is 47.2 Å². The lowest BCUT2D eigenvalue weighted by Gasteiger charge is -2.45. The monoisotopic (exact) mass is 451 g/mol. The number of thioether (sulfide) groups is 1. The minimum Gasteiger partial charge on any atom is -0.319 e. The summed E-state index contributed by atoms with van der Waals surface area (Å²) in [6.07, 6.45) is 6.17. The van der Waals surface area contributed by atoms with Crippen molar-refractivity contribution in [3.8, 4) is 0 Å². The number of aliphatic imine (C=N–C) groups is 1. The number of Topliss-reactive ketones (excluding diaryl/α,β-unsaturated/α-hetero) is 1. The number of likely N-dealkylation sites (N-methyl/N-ethyl adjacent to an activating group) is 1. The molecule has 0 radical (unpaired) electrons. The Hall–Kier alpha value is -4.06. The van der Waals surface area contributed by atoms with E-state index < -0.39 is 10.0 Å². The molecule has 3 heterocycles. The van der Waals surface area contributed by atoms with E-state index in [9.17, 15) is 19.7 Å². The van der Waals surface area contributed by atoms with Crippen molar-refractivity contribution in [1.82, 2.24) is 15.2 Å². The second-order valence-corrected chi connectivity index (χ2v) is 8.01. The van der Waals surface area contributed by atoms with Gasteiger partial charge in [0.1, 0.15) is 5.82 Å². The summed E-state index contributed by atoms with van der Waals surface area (Å²) in [5.41, 5.74) is 1.15. The Morgan fingerprint density at radius 3 is 2.56 bits per heavy atom. The van der Waals surface area contributed by atoms with Crippen LogP contribution < -0.4 is 10.3 Å². The number of amides is 1. The quantitative estimate of drug-likeness (QED) is 0.415. The minimum atomic E-state index is -1.33. The van der Waals surface area contributed by atoms with Crippen molar-refractivity contribution in [2.75, 3.05) is 12.1 Å². The van der Waals surface area contributed by atoms with E-state index in [2.05, 4.69) is 20.4 Å². The fourth-order valence-electron chi connectivity index (χ4n) is 3.05. The number of pyridine rings is 1. The Kier molecular flexibility index (Phi) is 5.45. The molecule has 2 aliphatic rings. The summed E-state index contributed by atoms with van der Waals surface area (Å²) < 4.78 is 0. The largest absolute Gasteiger partial charge is 0.319 e. The van der Waals surface area contributed by atoms with Crippen LogP contribution in [0, 0.1) is 10.1 Å². The maximum Gasteiger partial charge on any atom is 0.270 e. The number of hydrogen-bond donors (Lipinski definition) is 1. The van der Waals surface area contributed by atoms with Gasteiger partial charge >= 0.3 is 0 Å². The number of nitro benzene ring substituents is 1. The normalized spacial score (nSPS) is 20.4. The van der Waals surface area contributed by atoms with Gasteiger partial charge in [-0.1, -0.05) is 0 Å². The molecule has 2 aromatic rings. The standard InChI is InChI=1S/C20H17N7O4S/c1-13(28)19-24-26(15-3-5-16(6-4-15)27(30)31)20(32-19)23-17(11-18(29)25(20)2)22-12-14-7-9-21-10-8-14/h3-12,23H,1-2H3/b22-12-. The summed E-state index contributed by atoms with van der Waals surface area (Å²) in [5, 5.41) is 18.9. The maximum absolute atomic E-state index is 12.8. The second kappa shape index (κ2) is 8.23. The summed E-state index contributed by atoms with van der Waals surface area (Å²) in [6.45, 7) is 1.38. The van der Waals surface area contributed by atoms with Gasteiger partial charge < -0.3 is 5.32 Å². The number of ketones is 1. The molecule has 32 heavy (non-hydrogen) atoms. The molecule has 1 amide bonds. The van der Waals surface area contributed by atoms with Gasteiger partial charge in [0.15, 0.2) is 10.8 Å². The van der Waals surface area contributed by atoms with Crippen LogP contribution in [0.15, 0.2) is 70.8 Å². The molecule has 162 valence electrons. The summed E-state index contributed by atoms with van der Waals surface area (Å²) in [7, 11) is 1.57. The topological polar surface area (TPSA) is 133 Å². The van der Waals surface area contributed by atoms with Crippen LogP contribution in [0.5, 0.6) is 0 Å². The van der Waals surface area contributed by atoms with Crippen molar-refractivity contribution in [2.45, 2.75) is 12.0 Å². The maximum atomic E-state index is 12.8. The summed E-state index contributed by atoms with van der Waals surface area (Å²) >= 11 is 1.05. The molecule has 2 aliphatic heterocycles. The Labute approximate surface area is 186 Å². The first-order chi connectivity index (χ1) is 15.3. The lowest BCUT2D eigenvalue weighted by atomic mass is 10.2. The van der Waals surface area contributed by atoms with E-state index in [4.69, 9.17) is 0 Å². The van der Waals surface area contributed by atoms with Crippen LogP contribution in [0.3, 0.4) is 0 Å². The molecule has 0 bridgehead atoms. The van der Waals surface area contributed by atoms with Gasteiger partial charge in [0, 0.05) is 50.8 Å². The van der Waals surface area contributed by atoms with Gasteiger partial charge in [0.2, 0.25) is 0 Å². The summed E-state index contributed by atoms with van der Waals surface area (Å²) in [4.78, 5) is 45.2. The van der Waals surface area contributed by atoms with Gasteiger partial charge in [0.25, 0.3) is 16.7 Å². The van der Waals surface area contributed by atoms with E-state index >= 15 is 0 Å². The van der Waals surface area contributed by atoms with Crippen LogP contribution in [-0.4, -0.2) is 49.9 Å². The predicted molar refractivity (Wildman–Crippen MR) is 120 cm³/mol. The van der Waals surface area contributed by atoms with E-state index in [1.54, 1.807) is 37.8 Å². The first-order valence-corrected chi connectivity index (χ1v) is 10.2. The number of aromatic nitrogens is 1. The van der Waals surface area contributed by atoms with E-state index in [-0.39, 0.29) is 28.2 Å². The molecule has 1 N–H and O–H groups in total. The van der Waals surface area contributed by atoms with Crippen LogP contribution in [0.1, 0.15) is 12.5 Å². The Morgan fingerprint density at radius 2 is 1.94 bits per heavy atom. The van der Waals surface area contributed by atoms with E-state index in [1.807, 2.05) is 0 Å². The van der Waals surface area contributed by atoms with Gasteiger partial charge in [-0.15, -0.1) is 0 Å². The Morgan fingerprint density at radius 1 is 1.25 bits per heavy atom. The van der Waals surface area contributed by atoms with E-state index in [0.29, 0.717) is 5.69 Å². The molecular weight excluding hydrogens is 434 g/mol. The van der Waals surface area contributed by atoms with Crippen LogP contribution in [-0.2, 0) is 9.59 Å². The zero-order chi connectivity index (χ0) is 22.9. The van der Waals surface area contributed by atoms with Crippen LogP contribution >= 0.6 is 11.8 Å². The number of carbonyl (C=O) groups is 2. The number of non-ortho nitro benzene ring substituents is 1. The Balaban J connectivity index is 1.73. The molecule has 12 heteroatoms. The third kappa shape index (κ3) is 3.83. The van der Waals surface area contributed by atoms with Gasteiger partial charge in [-0.2, -0.15) is 5.10 Å². The van der Waals surface area contributed by atoms with Gasteiger partial charge in [0.05, 0.1) is 10.6 Å². The minimum absolute atomic E-state index is 0.0889. The highest BCUT2D eigenvalue weighted by Gasteiger charge is 2.53. The number of nitrogens with zero attached hydrogens (tertiary/aromatic N) is 6. The third-order valence-corrected chi connectivity index (χ3v) is 6.11. The number of anilines is 1. The predicted octanol–water partition coefficient (Wildman–Crippen LogP) is 2.08. The van der Waals surface area contributed by atoms with Gasteiger partial charge in [-0.05, 0) is 41.6 Å². The summed E-state index contributed by atoms with van der Waals surface area (Å²) in [6, 6.07) is 9.20. The zero-order valence-electron chi connectivity index (χ0n) is 17.0. The first kappa shape index (κ1) is 21.2. The highest BCUT2D eigenvalue weighted by atomic mass is 32.2. The lowest BCUT2D eigenvalue weighted by molar-refractivity contribution is -0.384. The molecule has 1 atom stereocenters. The zero-order valence-corrected chi connectivity index (χ0v) is 17.8. The molecule has 4 rings (SSSR count). The second-order valence-electron chi connectivity index (χ2n) is 6.85. The highest BCUT2D eigenvalue weighted by molar-refractivity contribution is 8.17. The molecule has 1 unspecified atom stereocenters. The number of carbonyl (C=O) groups excluding carboxylic acids is 2. The first-order valence-electron chi connectivity index (χ1n) is 9.35. The number of hydrogen-bond acceptors (Lipinski definition) is 10. The average Bonchev–Trinajstić information content (AvgIpc) is 3.17. The van der Waals surface area contributed by atoms with Gasteiger partial charge in [-0.25, -0.2) is 10.0 Å². The van der Waals surface area contributed by atoms with Gasteiger partial charge in [-0.3, -0.25) is 29.6 Å². The highest BCUT2D eigenvalue weighted by Crippen LogP contribution is 2.43. The van der Waals surface area contributed by atoms with Crippen LogP contribution in [0.4, 0.5) is 11.4 Å². The fourth-order valence-corrected chi connectivity index (χ4v) is 4.20. The molecule has 0 saturated heterocycles. The molecule has 0 aliphatic carbocycles. The summed E-state index contributed by atoms with van der Waals surface area (Å²) in [5.74, 6) is -0.368. The van der Waals surface area contributed by atoms with Crippen LogP contribution in [0.2, 0.25) is 0 Å². The third-order valence-electron chi connectivity index (χ3n) is 4.72. The van der Waals surface area contributed by atoms with E-state index in [0.717, 1.165) is 17.3 Å². The molecule has 0 fully saturated rings. The van der Waals surface area contributed by atoms with Crippen molar-refractivity contribution in [2.24, 2.45) is 10.1 Å². The average molecular weight is 451 g/mol. The van der Waals surface area contributed by atoms with Crippen molar-refractivity contribution in [1.29, 1.82) is 0 Å². The van der Waals surface area contributed by atoms with Crippen molar-refractivity contribution in [3.05, 3.63) is 76.4 Å². The number of nitro groups is 1. The fraction of sp³-hybridized carbons (Fsp3) is 0.150. The molecular formula is C20H17N7O4S. The Bertz CT molecular complexity index is 1180. The lowest BCUT2D eigenvalue weighted by Crippen LogP contribution is -2.66. The molecule has 0 saturated carbocycles. The molecule has 1 aromatic carbocycles. The molecule has 1 aromatic heterocycles. The van der Waals surface area contributed by atoms with Crippen molar-refractivity contribution < 1.29 is 14.5 Å².